The largest absolute Gasteiger partial charge is 0.353 e. The number of hydrogen-bond donors (Lipinski definition) is 1. The summed E-state index contributed by atoms with van der Waals surface area (Å²) in [6.45, 7) is 9.16. The third kappa shape index (κ3) is 5.84. The van der Waals surface area contributed by atoms with Gasteiger partial charge in [0.2, 0.25) is 5.91 Å². The number of carbonyl (C=O) groups excluding carboxylic acids is 2. The Morgan fingerprint density at radius 3 is 2.23 bits per heavy atom. The molecule has 1 aromatic rings. The van der Waals surface area contributed by atoms with Gasteiger partial charge in [-0.3, -0.25) is 14.5 Å². The second-order valence-corrected chi connectivity index (χ2v) is 9.28. The molecule has 0 bridgehead atoms. The molecule has 1 aliphatic carbocycles. The fraction of sp³-hybridized carbons (Fsp3) is 0.680. The van der Waals surface area contributed by atoms with Gasteiger partial charge in [0.25, 0.3) is 5.91 Å². The van der Waals surface area contributed by atoms with E-state index in [2.05, 4.69) is 29.3 Å². The lowest BCUT2D eigenvalue weighted by molar-refractivity contribution is -0.129. The van der Waals surface area contributed by atoms with E-state index in [1.54, 1.807) is 0 Å². The van der Waals surface area contributed by atoms with E-state index in [-0.39, 0.29) is 23.9 Å². The molecule has 1 saturated heterocycles. The van der Waals surface area contributed by atoms with Gasteiger partial charge < -0.3 is 10.2 Å². The molecule has 5 nitrogen and oxygen atoms in total. The summed E-state index contributed by atoms with van der Waals surface area (Å²) in [7, 11) is 0. The van der Waals surface area contributed by atoms with Crippen molar-refractivity contribution >= 4 is 11.8 Å². The van der Waals surface area contributed by atoms with Crippen LogP contribution in [-0.4, -0.2) is 59.9 Å². The number of hydrogen-bond acceptors (Lipinski definition) is 3. The Kier molecular flexibility index (Phi) is 8.32. The van der Waals surface area contributed by atoms with Gasteiger partial charge in [-0.25, -0.2) is 0 Å². The summed E-state index contributed by atoms with van der Waals surface area (Å²) in [4.78, 5) is 30.2. The van der Waals surface area contributed by atoms with Crippen molar-refractivity contribution in [1.29, 1.82) is 0 Å². The molecule has 2 amide bonds. The Morgan fingerprint density at radius 1 is 1.03 bits per heavy atom. The molecule has 1 aliphatic heterocycles. The van der Waals surface area contributed by atoms with Gasteiger partial charge in [0, 0.05) is 37.8 Å². The van der Waals surface area contributed by atoms with Gasteiger partial charge in [0.05, 0.1) is 6.04 Å². The number of piperazine rings is 1. The van der Waals surface area contributed by atoms with Crippen molar-refractivity contribution in [3.63, 3.8) is 0 Å². The number of aryl methyl sites for hydroxylation is 1. The van der Waals surface area contributed by atoms with Crippen LogP contribution in [-0.2, 0) is 11.2 Å². The van der Waals surface area contributed by atoms with Gasteiger partial charge in [-0.2, -0.15) is 0 Å². The molecular weight excluding hydrogens is 374 g/mol. The SMILES string of the molecule is CCCCc1ccc(C(=O)N2CCN([C@@H](C(=O)NC(C)C)C3CCCC3)CC2)cc1. The lowest BCUT2D eigenvalue weighted by Crippen LogP contribution is -2.58. The van der Waals surface area contributed by atoms with Gasteiger partial charge in [-0.1, -0.05) is 38.3 Å². The van der Waals surface area contributed by atoms with Crippen LogP contribution in [0, 0.1) is 5.92 Å². The lowest BCUT2D eigenvalue weighted by atomic mass is 9.94. The van der Waals surface area contributed by atoms with E-state index in [4.69, 9.17) is 0 Å². The number of amides is 2. The predicted molar refractivity (Wildman–Crippen MR) is 122 cm³/mol. The first-order chi connectivity index (χ1) is 14.5. The Balaban J connectivity index is 1.59. The number of benzene rings is 1. The summed E-state index contributed by atoms with van der Waals surface area (Å²) in [5.41, 5.74) is 2.07. The van der Waals surface area contributed by atoms with Crippen molar-refractivity contribution in [2.24, 2.45) is 5.92 Å². The van der Waals surface area contributed by atoms with E-state index in [1.165, 1.54) is 31.2 Å². The molecule has 2 fully saturated rings. The second kappa shape index (κ2) is 10.9. The number of nitrogens with zero attached hydrogens (tertiary/aromatic N) is 2. The van der Waals surface area contributed by atoms with Gasteiger partial charge in [0.1, 0.15) is 0 Å². The quantitative estimate of drug-likeness (QED) is 0.704. The van der Waals surface area contributed by atoms with E-state index < -0.39 is 0 Å². The average Bonchev–Trinajstić information content (AvgIpc) is 3.26. The molecule has 0 spiro atoms. The van der Waals surface area contributed by atoms with Crippen LogP contribution in [0.1, 0.15) is 75.2 Å². The minimum atomic E-state index is -0.0509. The van der Waals surface area contributed by atoms with Crippen LogP contribution >= 0.6 is 0 Å². The van der Waals surface area contributed by atoms with Crippen molar-refractivity contribution < 1.29 is 9.59 Å². The molecule has 0 aromatic heterocycles. The maximum absolute atomic E-state index is 13.0. The van der Waals surface area contributed by atoms with Crippen molar-refractivity contribution in [3.8, 4) is 0 Å². The molecule has 5 heteroatoms. The van der Waals surface area contributed by atoms with Gasteiger partial charge in [-0.05, 0) is 63.1 Å². The number of unbranched alkanes of at least 4 members (excludes halogenated alkanes) is 1. The van der Waals surface area contributed by atoms with E-state index in [9.17, 15) is 9.59 Å². The average molecular weight is 414 g/mol. The number of nitrogens with one attached hydrogen (secondary N) is 1. The maximum atomic E-state index is 13.0. The molecule has 3 rings (SSSR count). The fourth-order valence-corrected chi connectivity index (χ4v) is 4.90. The predicted octanol–water partition coefficient (Wildman–Crippen LogP) is 3.87. The summed E-state index contributed by atoms with van der Waals surface area (Å²) >= 11 is 0. The van der Waals surface area contributed by atoms with Crippen LogP contribution in [0.4, 0.5) is 0 Å². The van der Waals surface area contributed by atoms with Crippen LogP contribution in [0.5, 0.6) is 0 Å². The zero-order chi connectivity index (χ0) is 21.5. The highest BCUT2D eigenvalue weighted by molar-refractivity contribution is 5.94. The molecule has 1 saturated carbocycles. The summed E-state index contributed by atoms with van der Waals surface area (Å²) in [6, 6.07) is 8.22. The standard InChI is InChI=1S/C25H39N3O2/c1-4-5-8-20-11-13-22(14-12-20)25(30)28-17-15-27(16-18-28)23(21-9-6-7-10-21)24(29)26-19(2)3/h11-14,19,21,23H,4-10,15-18H2,1-3H3,(H,26,29)/t23-/m1/s1. The van der Waals surface area contributed by atoms with E-state index in [0.29, 0.717) is 19.0 Å². The van der Waals surface area contributed by atoms with Crippen molar-refractivity contribution in [2.45, 2.75) is 77.8 Å². The lowest BCUT2D eigenvalue weighted by Gasteiger charge is -2.41. The first-order valence-corrected chi connectivity index (χ1v) is 11.9. The third-order valence-corrected chi connectivity index (χ3v) is 6.56. The molecule has 2 aliphatic rings. The molecule has 166 valence electrons. The third-order valence-electron chi connectivity index (χ3n) is 6.56. The second-order valence-electron chi connectivity index (χ2n) is 9.28. The first-order valence-electron chi connectivity index (χ1n) is 11.9. The number of rotatable bonds is 8. The molecule has 1 heterocycles. The van der Waals surface area contributed by atoms with Crippen LogP contribution in [0.15, 0.2) is 24.3 Å². The molecular formula is C25H39N3O2. The topological polar surface area (TPSA) is 52.7 Å². The fourth-order valence-electron chi connectivity index (χ4n) is 4.90. The highest BCUT2D eigenvalue weighted by Crippen LogP contribution is 2.31. The zero-order valence-electron chi connectivity index (χ0n) is 19.0. The normalized spacial score (nSPS) is 19.3. The Morgan fingerprint density at radius 2 is 1.67 bits per heavy atom. The Bertz CT molecular complexity index is 687. The molecule has 1 atom stereocenters. The first kappa shape index (κ1) is 22.8. The molecule has 0 radical (unpaired) electrons. The van der Waals surface area contributed by atoms with E-state index in [0.717, 1.165) is 37.9 Å². The smallest absolute Gasteiger partial charge is 0.253 e. The highest BCUT2D eigenvalue weighted by atomic mass is 16.2. The summed E-state index contributed by atoms with van der Waals surface area (Å²) < 4.78 is 0. The van der Waals surface area contributed by atoms with Crippen molar-refractivity contribution in [2.75, 3.05) is 26.2 Å². The summed E-state index contributed by atoms with van der Waals surface area (Å²) in [6.07, 6.45) is 8.17. The van der Waals surface area contributed by atoms with Crippen LogP contribution in [0.2, 0.25) is 0 Å². The van der Waals surface area contributed by atoms with Gasteiger partial charge in [0.15, 0.2) is 0 Å². The minimum absolute atomic E-state index is 0.0509. The highest BCUT2D eigenvalue weighted by Gasteiger charge is 2.37. The Hall–Kier alpha value is -1.88. The molecule has 1 N–H and O–H groups in total. The maximum Gasteiger partial charge on any atom is 0.253 e. The summed E-state index contributed by atoms with van der Waals surface area (Å²) in [5, 5.41) is 3.14. The minimum Gasteiger partial charge on any atom is -0.353 e. The van der Waals surface area contributed by atoms with Gasteiger partial charge in [-0.15, -0.1) is 0 Å². The van der Waals surface area contributed by atoms with Crippen molar-refractivity contribution in [1.82, 2.24) is 15.1 Å². The van der Waals surface area contributed by atoms with Crippen molar-refractivity contribution in [3.05, 3.63) is 35.4 Å². The van der Waals surface area contributed by atoms with Gasteiger partial charge >= 0.3 is 0 Å². The zero-order valence-corrected chi connectivity index (χ0v) is 19.0. The number of carbonyl (C=O) groups is 2. The molecule has 1 aromatic carbocycles. The van der Waals surface area contributed by atoms with E-state index >= 15 is 0 Å². The Labute approximate surface area is 182 Å². The summed E-state index contributed by atoms with van der Waals surface area (Å²) in [5.74, 6) is 0.724. The van der Waals surface area contributed by atoms with Crippen LogP contribution in [0.3, 0.4) is 0 Å². The van der Waals surface area contributed by atoms with E-state index in [1.807, 2.05) is 30.9 Å². The molecule has 30 heavy (non-hydrogen) atoms. The van der Waals surface area contributed by atoms with Crippen LogP contribution < -0.4 is 5.32 Å². The van der Waals surface area contributed by atoms with Crippen LogP contribution in [0.25, 0.3) is 0 Å². The monoisotopic (exact) mass is 413 g/mol. The molecule has 0 unspecified atom stereocenters.